The van der Waals surface area contributed by atoms with E-state index in [-0.39, 0.29) is 0 Å². The summed E-state index contributed by atoms with van der Waals surface area (Å²) in [6.45, 7) is 2.91. The Bertz CT molecular complexity index is 956. The van der Waals surface area contributed by atoms with E-state index in [0.717, 1.165) is 49.1 Å². The maximum Gasteiger partial charge on any atom is 0.161 e. The first-order chi connectivity index (χ1) is 14.2. The smallest absolute Gasteiger partial charge is 0.161 e. The van der Waals surface area contributed by atoms with Crippen LogP contribution in [-0.4, -0.2) is 55.5 Å². The molecular weight excluding hydrogens is 364 g/mol. The summed E-state index contributed by atoms with van der Waals surface area (Å²) in [4.78, 5) is 4.81. The van der Waals surface area contributed by atoms with Crippen molar-refractivity contribution in [1.82, 2.24) is 15.1 Å². The van der Waals surface area contributed by atoms with Gasteiger partial charge < -0.3 is 14.4 Å². The van der Waals surface area contributed by atoms with Gasteiger partial charge in [0.2, 0.25) is 0 Å². The number of fused-ring (bicyclic) bond motifs is 1. The molecule has 0 saturated carbocycles. The van der Waals surface area contributed by atoms with Crippen molar-refractivity contribution in [2.45, 2.75) is 25.4 Å². The average molecular weight is 393 g/mol. The largest absolute Gasteiger partial charge is 0.493 e. The van der Waals surface area contributed by atoms with Gasteiger partial charge in [-0.05, 0) is 37.6 Å². The molecule has 0 radical (unpaired) electrons. The molecule has 1 aliphatic rings. The molecule has 6 nitrogen and oxygen atoms in total. The van der Waals surface area contributed by atoms with Gasteiger partial charge in [-0.2, -0.15) is 5.10 Å². The van der Waals surface area contributed by atoms with Gasteiger partial charge in [0.25, 0.3) is 0 Å². The van der Waals surface area contributed by atoms with Gasteiger partial charge in [0.15, 0.2) is 17.3 Å². The SMILES string of the molecule is COc1cc2cnnc(N3CCC(N(C)Cc4ccccc4)CC3)c2cc1OC. The van der Waals surface area contributed by atoms with Crippen molar-refractivity contribution in [1.29, 1.82) is 0 Å². The number of aromatic nitrogens is 2. The zero-order valence-electron chi connectivity index (χ0n) is 17.3. The van der Waals surface area contributed by atoms with E-state index in [9.17, 15) is 0 Å². The fourth-order valence-electron chi connectivity index (χ4n) is 4.15. The highest BCUT2D eigenvalue weighted by molar-refractivity contribution is 5.94. The number of benzene rings is 2. The molecule has 1 saturated heterocycles. The van der Waals surface area contributed by atoms with Crippen LogP contribution in [0.2, 0.25) is 0 Å². The molecule has 0 unspecified atom stereocenters. The van der Waals surface area contributed by atoms with E-state index in [1.54, 1.807) is 20.4 Å². The van der Waals surface area contributed by atoms with Gasteiger partial charge in [0.1, 0.15) is 0 Å². The summed E-state index contributed by atoms with van der Waals surface area (Å²) in [5.74, 6) is 2.35. The van der Waals surface area contributed by atoms with Crippen molar-refractivity contribution in [2.75, 3.05) is 39.3 Å². The molecule has 0 atom stereocenters. The molecule has 3 aromatic rings. The van der Waals surface area contributed by atoms with Crippen LogP contribution < -0.4 is 14.4 Å². The predicted octanol–water partition coefficient (Wildman–Crippen LogP) is 3.75. The van der Waals surface area contributed by atoms with Crippen LogP contribution in [0.1, 0.15) is 18.4 Å². The number of hydrogen-bond donors (Lipinski definition) is 0. The Hall–Kier alpha value is -2.86. The van der Waals surface area contributed by atoms with Crippen LogP contribution in [-0.2, 0) is 6.54 Å². The average Bonchev–Trinajstić information content (AvgIpc) is 2.78. The number of nitrogens with zero attached hydrogens (tertiary/aromatic N) is 4. The molecule has 0 N–H and O–H groups in total. The second-order valence-electron chi connectivity index (χ2n) is 7.58. The Kier molecular flexibility index (Phi) is 5.81. The van der Waals surface area contributed by atoms with E-state index < -0.39 is 0 Å². The van der Waals surface area contributed by atoms with Gasteiger partial charge in [-0.3, -0.25) is 4.90 Å². The molecule has 1 aromatic heterocycles. The number of hydrogen-bond acceptors (Lipinski definition) is 6. The third-order valence-electron chi connectivity index (χ3n) is 5.81. The molecular formula is C23H28N4O2. The zero-order chi connectivity index (χ0) is 20.2. The zero-order valence-corrected chi connectivity index (χ0v) is 17.3. The number of ether oxygens (including phenoxy) is 2. The summed E-state index contributed by atoms with van der Waals surface area (Å²) in [5, 5.41) is 10.8. The molecule has 4 rings (SSSR count). The van der Waals surface area contributed by atoms with Crippen molar-refractivity contribution in [2.24, 2.45) is 0 Å². The lowest BCUT2D eigenvalue weighted by Crippen LogP contribution is -2.43. The standard InChI is InChI=1S/C23H28N4O2/c1-26(16-17-7-5-4-6-8-17)19-9-11-27(12-10-19)23-20-14-22(29-3)21(28-2)13-18(20)15-24-25-23/h4-8,13-15,19H,9-12,16H2,1-3H3. The van der Waals surface area contributed by atoms with Gasteiger partial charge >= 0.3 is 0 Å². The van der Waals surface area contributed by atoms with Gasteiger partial charge in [-0.15, -0.1) is 5.10 Å². The lowest BCUT2D eigenvalue weighted by molar-refractivity contribution is 0.200. The summed E-state index contributed by atoms with van der Waals surface area (Å²) in [6.07, 6.45) is 3.99. The van der Waals surface area contributed by atoms with Crippen molar-refractivity contribution < 1.29 is 9.47 Å². The third-order valence-corrected chi connectivity index (χ3v) is 5.81. The second kappa shape index (κ2) is 8.66. The van der Waals surface area contributed by atoms with Crippen LogP contribution >= 0.6 is 0 Å². The Labute approximate surface area is 172 Å². The molecule has 0 aliphatic carbocycles. The maximum absolute atomic E-state index is 5.49. The molecule has 0 spiro atoms. The Morgan fingerprint density at radius 1 is 1.03 bits per heavy atom. The Balaban J connectivity index is 1.49. The molecule has 0 amide bonds. The molecule has 1 fully saturated rings. The van der Waals surface area contributed by atoms with Gasteiger partial charge in [0.05, 0.1) is 20.4 Å². The van der Waals surface area contributed by atoms with E-state index in [0.29, 0.717) is 17.5 Å². The van der Waals surface area contributed by atoms with Gasteiger partial charge in [-0.25, -0.2) is 0 Å². The first-order valence-corrected chi connectivity index (χ1v) is 10.1. The quantitative estimate of drug-likeness (QED) is 0.637. The van der Waals surface area contributed by atoms with E-state index in [1.807, 2.05) is 12.1 Å². The number of methoxy groups -OCH3 is 2. The minimum absolute atomic E-state index is 0.573. The summed E-state index contributed by atoms with van der Waals surface area (Å²) in [5.41, 5.74) is 1.36. The molecule has 2 aromatic carbocycles. The molecule has 1 aliphatic heterocycles. The minimum Gasteiger partial charge on any atom is -0.493 e. The van der Waals surface area contributed by atoms with Crippen LogP contribution in [0, 0.1) is 0 Å². The number of anilines is 1. The van der Waals surface area contributed by atoms with Crippen LogP contribution in [0.15, 0.2) is 48.7 Å². The van der Waals surface area contributed by atoms with E-state index in [2.05, 4.69) is 57.4 Å². The first-order valence-electron chi connectivity index (χ1n) is 10.1. The lowest BCUT2D eigenvalue weighted by Gasteiger charge is -2.37. The van der Waals surface area contributed by atoms with Gasteiger partial charge in [0, 0.05) is 36.4 Å². The molecule has 6 heteroatoms. The van der Waals surface area contributed by atoms with E-state index in [1.165, 1.54) is 5.56 Å². The van der Waals surface area contributed by atoms with Crippen molar-refractivity contribution >= 4 is 16.6 Å². The molecule has 29 heavy (non-hydrogen) atoms. The summed E-state index contributed by atoms with van der Waals surface area (Å²) in [6, 6.07) is 15.2. The molecule has 152 valence electrons. The highest BCUT2D eigenvalue weighted by Gasteiger charge is 2.25. The highest BCUT2D eigenvalue weighted by Crippen LogP contribution is 2.36. The summed E-state index contributed by atoms with van der Waals surface area (Å²) in [7, 11) is 5.53. The van der Waals surface area contributed by atoms with E-state index >= 15 is 0 Å². The Morgan fingerprint density at radius 2 is 1.72 bits per heavy atom. The summed E-state index contributed by atoms with van der Waals surface area (Å²) < 4.78 is 10.9. The third kappa shape index (κ3) is 4.12. The van der Waals surface area contributed by atoms with E-state index in [4.69, 9.17) is 9.47 Å². The van der Waals surface area contributed by atoms with Crippen LogP contribution in [0.5, 0.6) is 11.5 Å². The molecule has 0 bridgehead atoms. The number of piperidine rings is 1. The van der Waals surface area contributed by atoms with Crippen molar-refractivity contribution in [3.8, 4) is 11.5 Å². The highest BCUT2D eigenvalue weighted by atomic mass is 16.5. The van der Waals surface area contributed by atoms with Crippen LogP contribution in [0.3, 0.4) is 0 Å². The van der Waals surface area contributed by atoms with Crippen molar-refractivity contribution in [3.05, 3.63) is 54.2 Å². The minimum atomic E-state index is 0.573. The second-order valence-corrected chi connectivity index (χ2v) is 7.58. The maximum atomic E-state index is 5.49. The van der Waals surface area contributed by atoms with Crippen molar-refractivity contribution in [3.63, 3.8) is 0 Å². The van der Waals surface area contributed by atoms with Crippen LogP contribution in [0.25, 0.3) is 10.8 Å². The topological polar surface area (TPSA) is 50.7 Å². The fraction of sp³-hybridized carbons (Fsp3) is 0.391. The summed E-state index contributed by atoms with van der Waals surface area (Å²) >= 11 is 0. The molecule has 2 heterocycles. The lowest BCUT2D eigenvalue weighted by atomic mass is 10.0. The normalized spacial score (nSPS) is 15.1. The Morgan fingerprint density at radius 3 is 2.41 bits per heavy atom. The monoisotopic (exact) mass is 392 g/mol. The first kappa shape index (κ1) is 19.5. The number of rotatable bonds is 6. The van der Waals surface area contributed by atoms with Gasteiger partial charge in [-0.1, -0.05) is 30.3 Å². The predicted molar refractivity (Wildman–Crippen MR) is 116 cm³/mol. The fourth-order valence-corrected chi connectivity index (χ4v) is 4.15. The van der Waals surface area contributed by atoms with Crippen LogP contribution in [0.4, 0.5) is 5.82 Å².